The molecule has 3 heteroatoms. The van der Waals surface area contributed by atoms with E-state index in [9.17, 15) is 9.90 Å². The van der Waals surface area contributed by atoms with E-state index < -0.39 is 6.10 Å². The molecule has 0 saturated carbocycles. The summed E-state index contributed by atoms with van der Waals surface area (Å²) < 4.78 is 0. The minimum Gasteiger partial charge on any atom is -0.392 e. The van der Waals surface area contributed by atoms with Gasteiger partial charge in [-0.1, -0.05) is 6.92 Å². The van der Waals surface area contributed by atoms with Crippen LogP contribution in [0.5, 0.6) is 0 Å². The van der Waals surface area contributed by atoms with Gasteiger partial charge in [-0.05, 0) is 19.3 Å². The molecule has 0 radical (unpaired) electrons. The van der Waals surface area contributed by atoms with Gasteiger partial charge in [0.2, 0.25) is 5.91 Å². The third-order valence-corrected chi connectivity index (χ3v) is 2.58. The fraction of sp³-hybridized carbons (Fsp3) is 0.889. The van der Waals surface area contributed by atoms with Crippen LogP contribution < -0.4 is 0 Å². The van der Waals surface area contributed by atoms with Crippen molar-refractivity contribution in [3.8, 4) is 0 Å². The highest BCUT2D eigenvalue weighted by Gasteiger charge is 2.30. The maximum absolute atomic E-state index is 11.5. The third kappa shape index (κ3) is 1.78. The molecule has 12 heavy (non-hydrogen) atoms. The number of carbonyl (C=O) groups excluding carboxylic acids is 1. The topological polar surface area (TPSA) is 40.5 Å². The maximum Gasteiger partial charge on any atom is 0.228 e. The summed E-state index contributed by atoms with van der Waals surface area (Å²) in [7, 11) is 1.80. The first-order valence-corrected chi connectivity index (χ1v) is 4.59. The molecule has 1 heterocycles. The van der Waals surface area contributed by atoms with Gasteiger partial charge >= 0.3 is 0 Å². The van der Waals surface area contributed by atoms with Crippen LogP contribution in [-0.4, -0.2) is 35.6 Å². The first-order chi connectivity index (χ1) is 5.66. The number of aliphatic hydroxyl groups is 1. The van der Waals surface area contributed by atoms with Crippen molar-refractivity contribution in [1.29, 1.82) is 0 Å². The first-order valence-electron chi connectivity index (χ1n) is 4.59. The van der Waals surface area contributed by atoms with Gasteiger partial charge in [-0.3, -0.25) is 4.79 Å². The second-order valence-corrected chi connectivity index (χ2v) is 3.48. The molecule has 0 aromatic rings. The van der Waals surface area contributed by atoms with E-state index in [1.54, 1.807) is 11.9 Å². The van der Waals surface area contributed by atoms with Crippen molar-refractivity contribution in [2.75, 3.05) is 13.6 Å². The molecular weight excluding hydrogens is 154 g/mol. The highest BCUT2D eigenvalue weighted by atomic mass is 16.3. The summed E-state index contributed by atoms with van der Waals surface area (Å²) in [6.45, 7) is 2.75. The highest BCUT2D eigenvalue weighted by Crippen LogP contribution is 2.21. The van der Waals surface area contributed by atoms with E-state index in [4.69, 9.17) is 0 Å². The molecule has 1 rings (SSSR count). The molecule has 0 bridgehead atoms. The van der Waals surface area contributed by atoms with E-state index in [0.717, 1.165) is 19.4 Å². The van der Waals surface area contributed by atoms with Gasteiger partial charge in [0.15, 0.2) is 0 Å². The Morgan fingerprint density at radius 3 is 3.00 bits per heavy atom. The molecular formula is C9H17NO2. The zero-order chi connectivity index (χ0) is 9.14. The molecule has 3 nitrogen and oxygen atoms in total. The Labute approximate surface area is 73.4 Å². The molecule has 2 atom stereocenters. The molecule has 0 aromatic heterocycles. The van der Waals surface area contributed by atoms with E-state index >= 15 is 0 Å². The quantitative estimate of drug-likeness (QED) is 0.662. The smallest absolute Gasteiger partial charge is 0.228 e. The van der Waals surface area contributed by atoms with E-state index in [2.05, 4.69) is 0 Å². The predicted molar refractivity (Wildman–Crippen MR) is 46.7 cm³/mol. The lowest BCUT2D eigenvalue weighted by atomic mass is 9.91. The van der Waals surface area contributed by atoms with Crippen molar-refractivity contribution in [3.05, 3.63) is 0 Å². The summed E-state index contributed by atoms with van der Waals surface area (Å²) in [5, 5.41) is 9.52. The van der Waals surface area contributed by atoms with E-state index in [1.165, 1.54) is 0 Å². The number of likely N-dealkylation sites (tertiary alicyclic amines) is 1. The number of hydrogen-bond acceptors (Lipinski definition) is 2. The predicted octanol–water partition coefficient (Wildman–Crippen LogP) is 0.626. The largest absolute Gasteiger partial charge is 0.392 e. The lowest BCUT2D eigenvalue weighted by Crippen LogP contribution is -2.43. The van der Waals surface area contributed by atoms with Crippen LogP contribution in [-0.2, 0) is 4.79 Å². The molecule has 1 aliphatic heterocycles. The van der Waals surface area contributed by atoms with E-state index in [-0.39, 0.29) is 11.8 Å². The van der Waals surface area contributed by atoms with Crippen molar-refractivity contribution in [3.63, 3.8) is 0 Å². The Morgan fingerprint density at radius 1 is 1.75 bits per heavy atom. The van der Waals surface area contributed by atoms with Crippen LogP contribution in [0.15, 0.2) is 0 Å². The standard InChI is InChI=1S/C9H17NO2/c1-3-8(11)7-5-4-6-10(2)9(7)12/h7-8,11H,3-6H2,1-2H3. The summed E-state index contributed by atoms with van der Waals surface area (Å²) in [6.07, 6.45) is 2.09. The second kappa shape index (κ2) is 3.90. The van der Waals surface area contributed by atoms with Gasteiger partial charge in [0.05, 0.1) is 12.0 Å². The summed E-state index contributed by atoms with van der Waals surface area (Å²) >= 11 is 0. The lowest BCUT2D eigenvalue weighted by Gasteiger charge is -2.31. The number of aliphatic hydroxyl groups excluding tert-OH is 1. The average molecular weight is 171 g/mol. The minimum atomic E-state index is -0.444. The molecule has 1 fully saturated rings. The average Bonchev–Trinajstić information content (AvgIpc) is 2.08. The summed E-state index contributed by atoms with van der Waals surface area (Å²) in [5.74, 6) is -0.0376. The van der Waals surface area contributed by atoms with Crippen LogP contribution in [0, 0.1) is 5.92 Å². The minimum absolute atomic E-state index is 0.107. The molecule has 70 valence electrons. The van der Waals surface area contributed by atoms with Crippen molar-refractivity contribution in [2.24, 2.45) is 5.92 Å². The van der Waals surface area contributed by atoms with Crippen LogP contribution in [0.4, 0.5) is 0 Å². The van der Waals surface area contributed by atoms with Gasteiger partial charge in [-0.25, -0.2) is 0 Å². The van der Waals surface area contributed by atoms with Crippen LogP contribution in [0.1, 0.15) is 26.2 Å². The van der Waals surface area contributed by atoms with E-state index in [1.807, 2.05) is 6.92 Å². The normalized spacial score (nSPS) is 27.4. The van der Waals surface area contributed by atoms with Crippen LogP contribution in [0.2, 0.25) is 0 Å². The second-order valence-electron chi connectivity index (χ2n) is 3.48. The number of nitrogens with zero attached hydrogens (tertiary/aromatic N) is 1. The van der Waals surface area contributed by atoms with Gasteiger partial charge in [0.1, 0.15) is 0 Å². The number of rotatable bonds is 2. The Hall–Kier alpha value is -0.570. The number of carbonyl (C=O) groups is 1. The zero-order valence-electron chi connectivity index (χ0n) is 7.79. The number of piperidine rings is 1. The summed E-state index contributed by atoms with van der Waals surface area (Å²) in [5.41, 5.74) is 0. The van der Waals surface area contributed by atoms with Crippen molar-refractivity contribution >= 4 is 5.91 Å². The van der Waals surface area contributed by atoms with Gasteiger partial charge in [-0.15, -0.1) is 0 Å². The summed E-state index contributed by atoms with van der Waals surface area (Å²) in [6, 6.07) is 0. The zero-order valence-corrected chi connectivity index (χ0v) is 7.79. The van der Waals surface area contributed by atoms with Crippen LogP contribution in [0.25, 0.3) is 0 Å². The third-order valence-electron chi connectivity index (χ3n) is 2.58. The molecule has 1 amide bonds. The van der Waals surface area contributed by atoms with Gasteiger partial charge < -0.3 is 10.0 Å². The van der Waals surface area contributed by atoms with E-state index in [0.29, 0.717) is 6.42 Å². The Kier molecular flexibility index (Phi) is 3.09. The fourth-order valence-electron chi connectivity index (χ4n) is 1.71. The molecule has 1 N–H and O–H groups in total. The number of amides is 1. The van der Waals surface area contributed by atoms with Crippen LogP contribution >= 0.6 is 0 Å². The monoisotopic (exact) mass is 171 g/mol. The molecule has 1 aliphatic rings. The number of hydrogen-bond donors (Lipinski definition) is 1. The van der Waals surface area contributed by atoms with Crippen molar-refractivity contribution < 1.29 is 9.90 Å². The molecule has 1 saturated heterocycles. The fourth-order valence-corrected chi connectivity index (χ4v) is 1.71. The highest BCUT2D eigenvalue weighted by molar-refractivity contribution is 5.79. The molecule has 2 unspecified atom stereocenters. The molecule has 0 aromatic carbocycles. The van der Waals surface area contributed by atoms with Gasteiger partial charge in [0.25, 0.3) is 0 Å². The Bertz CT molecular complexity index is 170. The Morgan fingerprint density at radius 2 is 2.42 bits per heavy atom. The molecule has 0 aliphatic carbocycles. The maximum atomic E-state index is 11.5. The van der Waals surface area contributed by atoms with Crippen molar-refractivity contribution in [1.82, 2.24) is 4.90 Å². The summed E-state index contributed by atoms with van der Waals surface area (Å²) in [4.78, 5) is 13.2. The van der Waals surface area contributed by atoms with Crippen LogP contribution in [0.3, 0.4) is 0 Å². The molecule has 0 spiro atoms. The lowest BCUT2D eigenvalue weighted by molar-refractivity contribution is -0.141. The van der Waals surface area contributed by atoms with Crippen molar-refractivity contribution in [2.45, 2.75) is 32.3 Å². The first kappa shape index (κ1) is 9.52. The van der Waals surface area contributed by atoms with Gasteiger partial charge in [0, 0.05) is 13.6 Å². The Balaban J connectivity index is 2.57. The SMILES string of the molecule is CCC(O)C1CCCN(C)C1=O. The van der Waals surface area contributed by atoms with Gasteiger partial charge in [-0.2, -0.15) is 0 Å².